The summed E-state index contributed by atoms with van der Waals surface area (Å²) in [5.41, 5.74) is 12.9. The summed E-state index contributed by atoms with van der Waals surface area (Å²) in [5, 5.41) is 0. The van der Waals surface area contributed by atoms with Gasteiger partial charge >= 0.3 is 218 Å². The van der Waals surface area contributed by atoms with Crippen molar-refractivity contribution in [3.63, 3.8) is 0 Å². The number of rotatable bonds is 4. The maximum atomic E-state index is 12.7. The minimum atomic E-state index is -2.63. The second kappa shape index (κ2) is 18.1. The molecule has 1 heterocycles. The molecule has 286 valence electrons. The van der Waals surface area contributed by atoms with Gasteiger partial charge < -0.3 is 10.5 Å². The Morgan fingerprint density at radius 1 is 0.755 bits per heavy atom. The fourth-order valence-corrected chi connectivity index (χ4v) is 12.7. The zero-order valence-corrected chi connectivity index (χ0v) is 37.1. The van der Waals surface area contributed by atoms with Crippen molar-refractivity contribution >= 4 is 56.8 Å². The van der Waals surface area contributed by atoms with E-state index in [1.54, 1.807) is 13.2 Å². The fraction of sp³-hybridized carbons (Fsp3) is 0.386. The second-order valence-electron chi connectivity index (χ2n) is 15.5. The maximum Gasteiger partial charge on any atom is 0.338 e. The first-order valence-electron chi connectivity index (χ1n) is 17.4. The molecule has 1 aliphatic heterocycles. The van der Waals surface area contributed by atoms with Crippen molar-refractivity contribution in [1.82, 2.24) is 0 Å². The molecule has 0 spiro atoms. The number of halogens is 1. The van der Waals surface area contributed by atoms with Crippen LogP contribution < -0.4 is 14.9 Å². The van der Waals surface area contributed by atoms with Gasteiger partial charge in [0, 0.05) is 4.47 Å². The predicted octanol–water partition coefficient (Wildman–Crippen LogP) is 9.36. The summed E-state index contributed by atoms with van der Waals surface area (Å²) in [4.78, 5) is 24.4. The standard InChI is InChI=1S/C30H36GeNO3.C12H15BrO2.CH5N.CH4/c1-19-16-20(29(33)35-30(2,3)4)10-13-23(19)28-24-14-11-21(32(7)8)17-26(24)31(5,6)27-18-22(34-9)12-15-25(27)28;1-8-7-9(5-6-10(8)13)11(14)15-12(2,3)4;1-2;/h10-18H,1-9H3;5-7H,1-4H3;2H2,1H3;1H4/q+1;;;. The molecule has 0 radical (unpaired) electrons. The first-order valence-corrected chi connectivity index (χ1v) is 24.5. The van der Waals surface area contributed by atoms with Gasteiger partial charge in [0.25, 0.3) is 0 Å². The Morgan fingerprint density at radius 3 is 1.74 bits per heavy atom. The van der Waals surface area contributed by atoms with Gasteiger partial charge in [-0.2, -0.15) is 0 Å². The number of nitrogens with zero attached hydrogens (tertiary/aromatic N) is 1. The molecule has 9 heteroatoms. The van der Waals surface area contributed by atoms with Crippen molar-refractivity contribution in [3.05, 3.63) is 121 Å². The maximum absolute atomic E-state index is 12.7. The predicted molar refractivity (Wildman–Crippen MR) is 228 cm³/mol. The number of ether oxygens (including phenoxy) is 3. The minimum Gasteiger partial charge on any atom is -0.456 e. The number of carbonyl (C=O) groups is 2. The summed E-state index contributed by atoms with van der Waals surface area (Å²) in [7, 11) is 7.41. The number of fused-ring (bicyclic) bond motifs is 2. The number of carbonyl (C=O) groups excluding carboxylic acids is 2. The molecule has 0 saturated carbocycles. The Balaban J connectivity index is 0.000000455. The smallest absolute Gasteiger partial charge is 0.338 e. The van der Waals surface area contributed by atoms with Gasteiger partial charge in [-0.05, 0) is 58.5 Å². The summed E-state index contributed by atoms with van der Waals surface area (Å²) >= 11 is 0.753. The van der Waals surface area contributed by atoms with Gasteiger partial charge in [-0.1, -0.05) is 23.4 Å². The quantitative estimate of drug-likeness (QED) is 0.160. The van der Waals surface area contributed by atoms with Gasteiger partial charge in [-0.3, -0.25) is 0 Å². The van der Waals surface area contributed by atoms with Crippen molar-refractivity contribution in [1.29, 1.82) is 0 Å². The van der Waals surface area contributed by atoms with Crippen molar-refractivity contribution in [2.24, 2.45) is 5.73 Å². The molecule has 7 nitrogen and oxygen atoms in total. The molecule has 3 aromatic carbocycles. The number of esters is 2. The van der Waals surface area contributed by atoms with E-state index in [4.69, 9.17) is 14.2 Å². The van der Waals surface area contributed by atoms with Gasteiger partial charge in [0.1, 0.15) is 5.60 Å². The van der Waals surface area contributed by atoms with E-state index in [1.807, 2.05) is 72.7 Å². The molecule has 3 aromatic rings. The molecule has 1 aliphatic carbocycles. The number of nitrogens with two attached hydrogens (primary N) is 1. The van der Waals surface area contributed by atoms with Gasteiger partial charge in [-0.25, -0.2) is 4.79 Å². The second-order valence-corrected chi connectivity index (χ2v) is 25.5. The van der Waals surface area contributed by atoms with E-state index < -0.39 is 24.5 Å². The largest absolute Gasteiger partial charge is 0.456 e. The summed E-state index contributed by atoms with van der Waals surface area (Å²) in [5.74, 6) is 5.25. The Bertz CT molecular complexity index is 1970. The molecule has 5 rings (SSSR count). The molecule has 0 unspecified atom stereocenters. The Labute approximate surface area is 329 Å². The zero-order valence-electron chi connectivity index (χ0n) is 33.4. The number of aryl methyl sites for hydroxylation is 2. The number of allylic oxidation sites excluding steroid dienone is 5. The molecule has 0 aromatic heterocycles. The number of benzene rings is 3. The topological polar surface area (TPSA) is 90.9 Å². The Kier molecular flexibility index (Phi) is 15.5. The summed E-state index contributed by atoms with van der Waals surface area (Å²) < 4.78 is 22.5. The van der Waals surface area contributed by atoms with Crippen LogP contribution in [0.15, 0.2) is 87.3 Å². The minimum absolute atomic E-state index is 0. The van der Waals surface area contributed by atoms with Crippen molar-refractivity contribution < 1.29 is 28.4 Å². The van der Waals surface area contributed by atoms with Crippen LogP contribution in [-0.2, 0) is 9.47 Å². The third kappa shape index (κ3) is 11.2. The van der Waals surface area contributed by atoms with Crippen LogP contribution in [0, 0.1) is 13.8 Å². The van der Waals surface area contributed by atoms with Gasteiger partial charge in [0.15, 0.2) is 0 Å². The Hall–Kier alpha value is -3.73. The molecule has 0 saturated heterocycles. The van der Waals surface area contributed by atoms with Crippen LogP contribution in [0.1, 0.15) is 91.9 Å². The SMILES string of the molecule is C.CN.COc1ccc2[c](c1)[Ge]([CH3])([CH3])[C]1=CC(=[N+](C)C)C=CC1=C2c1ccc(C(=O)OC(C)(C)C)cc1C.Cc1cc(C(=O)OC(C)(C)C)ccc1Br. The van der Waals surface area contributed by atoms with Crippen LogP contribution in [0.2, 0.25) is 11.5 Å². The molecular formula is C44H60BrGeN2O5+. The molecule has 53 heavy (non-hydrogen) atoms. The third-order valence-corrected chi connectivity index (χ3v) is 16.8. The van der Waals surface area contributed by atoms with Crippen LogP contribution in [0.5, 0.6) is 5.75 Å². The molecule has 0 bridgehead atoms. The van der Waals surface area contributed by atoms with E-state index in [-0.39, 0.29) is 19.4 Å². The monoisotopic (exact) mass is 849 g/mol. The van der Waals surface area contributed by atoms with Gasteiger partial charge in [0.2, 0.25) is 0 Å². The van der Waals surface area contributed by atoms with Crippen LogP contribution >= 0.6 is 15.9 Å². The van der Waals surface area contributed by atoms with Gasteiger partial charge in [0.05, 0.1) is 5.56 Å². The fourth-order valence-electron chi connectivity index (χ4n) is 6.03. The van der Waals surface area contributed by atoms with E-state index in [0.29, 0.717) is 11.1 Å². The van der Waals surface area contributed by atoms with E-state index in [9.17, 15) is 9.59 Å². The van der Waals surface area contributed by atoms with Crippen molar-refractivity contribution in [3.8, 4) is 5.75 Å². The van der Waals surface area contributed by atoms with Crippen LogP contribution in [0.3, 0.4) is 0 Å². The first-order chi connectivity index (χ1) is 24.1. The normalized spacial score (nSPS) is 14.1. The Morgan fingerprint density at radius 2 is 1.26 bits per heavy atom. The van der Waals surface area contributed by atoms with Crippen molar-refractivity contribution in [2.45, 2.75) is 85.5 Å². The average Bonchev–Trinajstić information content (AvgIpc) is 3.06. The molecule has 0 atom stereocenters. The van der Waals surface area contributed by atoms with Crippen LogP contribution in [-0.4, -0.2) is 74.9 Å². The average molecular weight is 849 g/mol. The first kappa shape index (κ1) is 45.4. The molecule has 2 aliphatic rings. The summed E-state index contributed by atoms with van der Waals surface area (Å²) in [6.07, 6.45) is 6.86. The molecule has 0 amide bonds. The molecular weight excluding hydrogens is 789 g/mol. The number of methoxy groups -OCH3 is 1. The van der Waals surface area contributed by atoms with Gasteiger partial charge in [-0.15, -0.1) is 0 Å². The van der Waals surface area contributed by atoms with E-state index in [2.05, 4.69) is 101 Å². The number of hydrogen-bond donors (Lipinski definition) is 1. The van der Waals surface area contributed by atoms with E-state index in [0.717, 1.165) is 26.9 Å². The molecule has 2 N–H and O–H groups in total. The molecule has 0 fully saturated rings. The van der Waals surface area contributed by atoms with Crippen molar-refractivity contribution in [2.75, 3.05) is 28.3 Å². The number of hydrogen-bond acceptors (Lipinski definition) is 6. The summed E-state index contributed by atoms with van der Waals surface area (Å²) in [6, 6.07) is 17.9. The zero-order chi connectivity index (χ0) is 39.3. The summed E-state index contributed by atoms with van der Waals surface area (Å²) in [6.45, 7) is 15.3. The van der Waals surface area contributed by atoms with Crippen LogP contribution in [0.25, 0.3) is 5.57 Å². The van der Waals surface area contributed by atoms with E-state index in [1.165, 1.54) is 38.3 Å². The van der Waals surface area contributed by atoms with E-state index >= 15 is 0 Å². The third-order valence-electron chi connectivity index (χ3n) is 8.55. The van der Waals surface area contributed by atoms with Crippen LogP contribution in [0.4, 0.5) is 0 Å².